The molecule has 0 spiro atoms. The molecule has 2 aromatic heterocycles. The fourth-order valence-electron chi connectivity index (χ4n) is 3.35. The second kappa shape index (κ2) is 10.9. The minimum atomic E-state index is -0.393. The number of nitrogens with zero attached hydrogens (tertiary/aromatic N) is 5. The van der Waals surface area contributed by atoms with Crippen LogP contribution >= 0.6 is 0 Å². The first-order chi connectivity index (χ1) is 15.1. The summed E-state index contributed by atoms with van der Waals surface area (Å²) in [7, 11) is 0. The highest BCUT2D eigenvalue weighted by molar-refractivity contribution is 5.88. The van der Waals surface area contributed by atoms with Crippen LogP contribution in [0.4, 0.5) is 11.6 Å². The number of aromatic nitrogens is 3. The Morgan fingerprint density at radius 3 is 2.90 bits per heavy atom. The third-order valence-corrected chi connectivity index (χ3v) is 5.61. The van der Waals surface area contributed by atoms with Gasteiger partial charge in [0.2, 0.25) is 0 Å². The number of aliphatic imine (C=N–C) groups is 1. The van der Waals surface area contributed by atoms with E-state index in [1.807, 2.05) is 17.3 Å². The van der Waals surface area contributed by atoms with Gasteiger partial charge >= 0.3 is 0 Å². The van der Waals surface area contributed by atoms with Crippen LogP contribution < -0.4 is 16.0 Å². The molecular formula is C22H32N8O. The van der Waals surface area contributed by atoms with Crippen LogP contribution in [0.5, 0.6) is 0 Å². The quantitative estimate of drug-likeness (QED) is 0.409. The SMILES string of the molecule is CCC(C)CCc1cc(C(C)N2NNc3ncc(C(C=N)C=NCCO)nc32)ccn1. The average Bonchev–Trinajstić information content (AvgIpc) is 3.23. The number of hydrogen-bond donors (Lipinski definition) is 4. The molecule has 4 N–H and O–H groups in total. The lowest BCUT2D eigenvalue weighted by Crippen LogP contribution is -2.38. The molecular weight excluding hydrogens is 392 g/mol. The molecule has 3 atom stereocenters. The van der Waals surface area contributed by atoms with Gasteiger partial charge in [0, 0.05) is 24.3 Å². The summed E-state index contributed by atoms with van der Waals surface area (Å²) in [6, 6.07) is 4.17. The number of hydrogen-bond acceptors (Lipinski definition) is 9. The van der Waals surface area contributed by atoms with Crippen LogP contribution in [0.25, 0.3) is 0 Å². The Kier molecular flexibility index (Phi) is 8.02. The summed E-state index contributed by atoms with van der Waals surface area (Å²) in [5.74, 6) is 1.61. The minimum absolute atomic E-state index is 0.00913. The average molecular weight is 425 g/mol. The topological polar surface area (TPSA) is 122 Å². The zero-order chi connectivity index (χ0) is 22.2. The number of aryl methyl sites for hydroxylation is 1. The van der Waals surface area contributed by atoms with E-state index in [0.717, 1.165) is 24.1 Å². The lowest BCUT2D eigenvalue weighted by atomic mass is 10.00. The number of aliphatic hydroxyl groups excluding tert-OH is 1. The van der Waals surface area contributed by atoms with E-state index >= 15 is 0 Å². The lowest BCUT2D eigenvalue weighted by Gasteiger charge is -2.25. The van der Waals surface area contributed by atoms with Crippen molar-refractivity contribution in [3.05, 3.63) is 41.5 Å². The van der Waals surface area contributed by atoms with E-state index in [1.54, 1.807) is 12.4 Å². The number of pyridine rings is 1. The molecule has 3 unspecified atom stereocenters. The monoisotopic (exact) mass is 424 g/mol. The molecule has 0 fully saturated rings. The van der Waals surface area contributed by atoms with Crippen molar-refractivity contribution < 1.29 is 5.11 Å². The third kappa shape index (κ3) is 5.62. The molecule has 9 nitrogen and oxygen atoms in total. The van der Waals surface area contributed by atoms with Crippen molar-refractivity contribution in [3.8, 4) is 0 Å². The van der Waals surface area contributed by atoms with Gasteiger partial charge in [-0.15, -0.1) is 5.53 Å². The van der Waals surface area contributed by atoms with Crippen molar-refractivity contribution in [2.45, 2.75) is 52.0 Å². The van der Waals surface area contributed by atoms with Crippen molar-refractivity contribution in [2.75, 3.05) is 23.6 Å². The van der Waals surface area contributed by atoms with Crippen LogP contribution in [0, 0.1) is 11.3 Å². The number of aliphatic hydroxyl groups is 1. The molecule has 1 aliphatic heterocycles. The molecule has 1 aliphatic rings. The van der Waals surface area contributed by atoms with Crippen LogP contribution in [0.2, 0.25) is 0 Å². The maximum atomic E-state index is 8.92. The number of hydrazine groups is 2. The van der Waals surface area contributed by atoms with Crippen LogP contribution in [0.3, 0.4) is 0 Å². The van der Waals surface area contributed by atoms with Gasteiger partial charge in [-0.3, -0.25) is 20.4 Å². The van der Waals surface area contributed by atoms with E-state index in [4.69, 9.17) is 15.5 Å². The summed E-state index contributed by atoms with van der Waals surface area (Å²) < 4.78 is 0. The molecule has 31 heavy (non-hydrogen) atoms. The predicted octanol–water partition coefficient (Wildman–Crippen LogP) is 3.06. The summed E-state index contributed by atoms with van der Waals surface area (Å²) in [4.78, 5) is 17.9. The molecule has 166 valence electrons. The summed E-state index contributed by atoms with van der Waals surface area (Å²) in [6.07, 6.45) is 9.68. The van der Waals surface area contributed by atoms with E-state index < -0.39 is 5.92 Å². The van der Waals surface area contributed by atoms with E-state index in [-0.39, 0.29) is 12.6 Å². The number of fused-ring (bicyclic) bond motifs is 1. The Hall–Kier alpha value is -2.91. The molecule has 0 amide bonds. The van der Waals surface area contributed by atoms with Gasteiger partial charge in [-0.1, -0.05) is 20.3 Å². The van der Waals surface area contributed by atoms with Crippen molar-refractivity contribution in [1.82, 2.24) is 20.5 Å². The standard InChI is InChI=1S/C22H32N8O/c1-4-15(2)5-6-19-11-17(7-8-25-19)16(3)30-22-21(28-29-30)26-14-20(27-22)18(12-23)13-24-9-10-31/h7-8,11-16,18,23,29,31H,4-6,9-10H2,1-3H3,(H,26,28). The Balaban J connectivity index is 1.79. The first kappa shape index (κ1) is 22.8. The van der Waals surface area contributed by atoms with E-state index in [0.29, 0.717) is 29.8 Å². The summed E-state index contributed by atoms with van der Waals surface area (Å²) in [5.41, 5.74) is 9.07. The van der Waals surface area contributed by atoms with E-state index in [9.17, 15) is 0 Å². The zero-order valence-corrected chi connectivity index (χ0v) is 18.4. The second-order valence-electron chi connectivity index (χ2n) is 7.85. The summed E-state index contributed by atoms with van der Waals surface area (Å²) in [6.45, 7) is 6.87. The highest BCUT2D eigenvalue weighted by Crippen LogP contribution is 2.32. The lowest BCUT2D eigenvalue weighted by molar-refractivity contribution is 0.307. The van der Waals surface area contributed by atoms with Crippen molar-refractivity contribution >= 4 is 24.1 Å². The Labute approximate surface area is 183 Å². The Morgan fingerprint density at radius 2 is 2.16 bits per heavy atom. The van der Waals surface area contributed by atoms with E-state index in [1.165, 1.54) is 12.6 Å². The van der Waals surface area contributed by atoms with Gasteiger partial charge in [0.25, 0.3) is 0 Å². The maximum absolute atomic E-state index is 8.92. The van der Waals surface area contributed by atoms with Gasteiger partial charge in [0.15, 0.2) is 11.6 Å². The fraction of sp³-hybridized carbons (Fsp3) is 0.500. The normalized spacial score (nSPS) is 16.1. The third-order valence-electron chi connectivity index (χ3n) is 5.61. The zero-order valence-electron chi connectivity index (χ0n) is 18.4. The van der Waals surface area contributed by atoms with Crippen molar-refractivity contribution in [3.63, 3.8) is 0 Å². The van der Waals surface area contributed by atoms with Gasteiger partial charge in [0.05, 0.1) is 37.0 Å². The number of anilines is 2. The second-order valence-corrected chi connectivity index (χ2v) is 7.85. The molecule has 2 aromatic rings. The highest BCUT2D eigenvalue weighted by atomic mass is 16.3. The van der Waals surface area contributed by atoms with Crippen LogP contribution in [0.1, 0.15) is 62.5 Å². The molecule has 0 radical (unpaired) electrons. The number of rotatable bonds is 11. The van der Waals surface area contributed by atoms with E-state index in [2.05, 4.69) is 52.8 Å². The van der Waals surface area contributed by atoms with Gasteiger partial charge in [-0.25, -0.2) is 9.97 Å². The maximum Gasteiger partial charge on any atom is 0.189 e. The van der Waals surface area contributed by atoms with Crippen LogP contribution in [-0.2, 0) is 6.42 Å². The first-order valence-electron chi connectivity index (χ1n) is 10.8. The van der Waals surface area contributed by atoms with Gasteiger partial charge in [0.1, 0.15) is 0 Å². The first-order valence-corrected chi connectivity index (χ1v) is 10.8. The predicted molar refractivity (Wildman–Crippen MR) is 124 cm³/mol. The molecule has 0 saturated carbocycles. The van der Waals surface area contributed by atoms with Crippen LogP contribution in [0.15, 0.2) is 29.5 Å². The molecule has 0 bridgehead atoms. The molecule has 0 aliphatic carbocycles. The van der Waals surface area contributed by atoms with Gasteiger partial charge in [-0.05, 0) is 43.4 Å². The fourth-order valence-corrected chi connectivity index (χ4v) is 3.35. The molecule has 3 rings (SSSR count). The van der Waals surface area contributed by atoms with Crippen molar-refractivity contribution in [1.29, 1.82) is 5.41 Å². The summed E-state index contributed by atoms with van der Waals surface area (Å²) >= 11 is 0. The van der Waals surface area contributed by atoms with Gasteiger partial charge < -0.3 is 10.5 Å². The Bertz CT molecular complexity index is 903. The molecule has 0 aromatic carbocycles. The largest absolute Gasteiger partial charge is 0.394 e. The van der Waals surface area contributed by atoms with Crippen molar-refractivity contribution in [2.24, 2.45) is 10.9 Å². The van der Waals surface area contributed by atoms with Gasteiger partial charge in [-0.2, -0.15) is 0 Å². The minimum Gasteiger partial charge on any atom is -0.394 e. The molecule has 0 saturated heterocycles. The summed E-state index contributed by atoms with van der Waals surface area (Å²) in [5, 5.41) is 18.6. The number of nitrogens with one attached hydrogen (secondary N) is 3. The molecule has 3 heterocycles. The highest BCUT2D eigenvalue weighted by Gasteiger charge is 2.28. The van der Waals surface area contributed by atoms with Crippen LogP contribution in [-0.4, -0.2) is 45.6 Å². The molecule has 9 heteroatoms. The smallest absolute Gasteiger partial charge is 0.189 e. The Morgan fingerprint density at radius 1 is 1.32 bits per heavy atom.